The van der Waals surface area contributed by atoms with Gasteiger partial charge in [-0.15, -0.1) is 0 Å². The molecule has 1 amide bonds. The van der Waals surface area contributed by atoms with Crippen LogP contribution in [0.1, 0.15) is 43.1 Å². The van der Waals surface area contributed by atoms with Gasteiger partial charge in [-0.3, -0.25) is 9.78 Å². The van der Waals surface area contributed by atoms with Gasteiger partial charge in [0.2, 0.25) is 0 Å². The first-order valence-corrected chi connectivity index (χ1v) is 9.37. The Morgan fingerprint density at radius 1 is 1.14 bits per heavy atom. The number of benzene rings is 2. The zero-order chi connectivity index (χ0) is 20.3. The maximum atomic E-state index is 13.8. The highest BCUT2D eigenvalue weighted by Crippen LogP contribution is 2.24. The van der Waals surface area contributed by atoms with Crippen molar-refractivity contribution in [2.45, 2.75) is 39.2 Å². The molecule has 3 aromatic rings. The molecule has 3 rings (SSSR count). The quantitative estimate of drug-likeness (QED) is 0.629. The second kappa shape index (κ2) is 8.05. The summed E-state index contributed by atoms with van der Waals surface area (Å²) in [5.41, 5.74) is 0.933. The van der Waals surface area contributed by atoms with E-state index in [0.29, 0.717) is 23.3 Å². The highest BCUT2D eigenvalue weighted by molar-refractivity contribution is 5.97. The van der Waals surface area contributed by atoms with Crippen molar-refractivity contribution in [1.82, 2.24) is 10.3 Å². The maximum Gasteiger partial charge on any atom is 0.253 e. The van der Waals surface area contributed by atoms with Gasteiger partial charge in [0.05, 0.1) is 5.56 Å². The van der Waals surface area contributed by atoms with E-state index in [1.165, 1.54) is 12.3 Å². The Hall–Kier alpha value is -2.82. The molecule has 0 bridgehead atoms. The third-order valence-electron chi connectivity index (χ3n) is 4.72. The van der Waals surface area contributed by atoms with Crippen molar-refractivity contribution in [3.05, 3.63) is 77.5 Å². The third-order valence-corrected chi connectivity index (χ3v) is 4.72. The molecule has 146 valence electrons. The lowest BCUT2D eigenvalue weighted by Crippen LogP contribution is -2.48. The molecule has 0 saturated carbocycles. The topological polar surface area (TPSA) is 42.0 Å². The summed E-state index contributed by atoms with van der Waals surface area (Å²) in [5, 5.41) is 3.52. The summed E-state index contributed by atoms with van der Waals surface area (Å²) >= 11 is 0. The van der Waals surface area contributed by atoms with Gasteiger partial charge in [0, 0.05) is 17.1 Å². The molecule has 2 aromatic carbocycles. The van der Waals surface area contributed by atoms with Gasteiger partial charge >= 0.3 is 0 Å². The molecule has 0 aliphatic rings. The van der Waals surface area contributed by atoms with Crippen LogP contribution in [0.25, 0.3) is 10.9 Å². The zero-order valence-corrected chi connectivity index (χ0v) is 16.3. The first-order chi connectivity index (χ1) is 13.3. The van der Waals surface area contributed by atoms with Crippen molar-refractivity contribution in [2.75, 3.05) is 0 Å². The van der Waals surface area contributed by atoms with Crippen molar-refractivity contribution in [3.8, 4) is 0 Å². The first-order valence-electron chi connectivity index (χ1n) is 9.37. The molecule has 0 saturated heterocycles. The monoisotopic (exact) mass is 382 g/mol. The molecule has 0 radical (unpaired) electrons. The average Bonchev–Trinajstić information content (AvgIpc) is 2.64. The van der Waals surface area contributed by atoms with Gasteiger partial charge in [-0.05, 0) is 49.4 Å². The lowest BCUT2D eigenvalue weighted by Gasteiger charge is -2.33. The van der Waals surface area contributed by atoms with Crippen molar-refractivity contribution in [1.29, 1.82) is 0 Å². The number of amides is 1. The Morgan fingerprint density at radius 2 is 1.86 bits per heavy atom. The van der Waals surface area contributed by atoms with Crippen LogP contribution in [-0.4, -0.2) is 16.4 Å². The van der Waals surface area contributed by atoms with E-state index in [-0.39, 0.29) is 11.4 Å². The van der Waals surface area contributed by atoms with E-state index in [1.807, 2.05) is 37.3 Å². The molecular weight excluding hydrogens is 358 g/mol. The number of fused-ring (bicyclic) bond motifs is 1. The molecule has 0 spiro atoms. The Labute approximate surface area is 163 Å². The van der Waals surface area contributed by atoms with Gasteiger partial charge in [-0.2, -0.15) is 0 Å². The number of nitrogens with one attached hydrogen (secondary N) is 1. The van der Waals surface area contributed by atoms with E-state index in [0.717, 1.165) is 18.1 Å². The molecular formula is C23H24F2N2O. The molecule has 28 heavy (non-hydrogen) atoms. The maximum absolute atomic E-state index is 13.8. The minimum atomic E-state index is -1.00. The van der Waals surface area contributed by atoms with Crippen molar-refractivity contribution >= 4 is 16.8 Å². The van der Waals surface area contributed by atoms with E-state index in [4.69, 9.17) is 0 Å². The summed E-state index contributed by atoms with van der Waals surface area (Å²) in [6, 6.07) is 14.0. The molecule has 1 aromatic heterocycles. The fraction of sp³-hybridized carbons (Fsp3) is 0.304. The summed E-state index contributed by atoms with van der Waals surface area (Å²) < 4.78 is 27.2. The molecule has 1 N–H and O–H groups in total. The van der Waals surface area contributed by atoms with Gasteiger partial charge in [0.15, 0.2) is 11.6 Å². The van der Waals surface area contributed by atoms with Crippen molar-refractivity contribution in [3.63, 3.8) is 0 Å². The molecule has 3 nitrogen and oxygen atoms in total. The Bertz CT molecular complexity index is 989. The fourth-order valence-corrected chi connectivity index (χ4v) is 3.73. The second-order valence-corrected chi connectivity index (χ2v) is 7.93. The average molecular weight is 382 g/mol. The number of halogens is 2. The molecule has 1 atom stereocenters. The Kier molecular flexibility index (Phi) is 5.73. The Morgan fingerprint density at radius 3 is 2.54 bits per heavy atom. The van der Waals surface area contributed by atoms with Crippen LogP contribution in [0.4, 0.5) is 8.78 Å². The number of carbonyl (C=O) groups is 1. The molecule has 5 heteroatoms. The summed E-state index contributed by atoms with van der Waals surface area (Å²) in [5.74, 6) is -1.85. The van der Waals surface area contributed by atoms with Gasteiger partial charge in [-0.1, -0.05) is 44.2 Å². The van der Waals surface area contributed by atoms with Crippen molar-refractivity contribution in [2.24, 2.45) is 5.92 Å². The number of pyridine rings is 1. The number of nitrogens with zero attached hydrogens (tertiary/aromatic N) is 1. The number of hydrogen-bond acceptors (Lipinski definition) is 2. The smallest absolute Gasteiger partial charge is 0.253 e. The summed E-state index contributed by atoms with van der Waals surface area (Å²) in [6.45, 7) is 6.26. The predicted molar refractivity (Wildman–Crippen MR) is 107 cm³/mol. The van der Waals surface area contributed by atoms with Crippen LogP contribution in [-0.2, 0) is 6.42 Å². The second-order valence-electron chi connectivity index (χ2n) is 7.93. The van der Waals surface area contributed by atoms with Crippen LogP contribution < -0.4 is 5.32 Å². The van der Waals surface area contributed by atoms with Gasteiger partial charge in [0.25, 0.3) is 5.91 Å². The lowest BCUT2D eigenvalue weighted by molar-refractivity contribution is 0.0894. The zero-order valence-electron chi connectivity index (χ0n) is 16.3. The van der Waals surface area contributed by atoms with Crippen LogP contribution >= 0.6 is 0 Å². The minimum Gasteiger partial charge on any atom is -0.346 e. The summed E-state index contributed by atoms with van der Waals surface area (Å²) in [6.07, 6.45) is 2.78. The van der Waals surface area contributed by atoms with Crippen LogP contribution in [0.2, 0.25) is 0 Å². The van der Waals surface area contributed by atoms with Gasteiger partial charge in [0.1, 0.15) is 5.52 Å². The molecule has 0 fully saturated rings. The van der Waals surface area contributed by atoms with Crippen LogP contribution in [0.15, 0.2) is 54.7 Å². The normalized spacial score (nSPS) is 13.5. The van der Waals surface area contributed by atoms with Gasteiger partial charge < -0.3 is 5.32 Å². The lowest BCUT2D eigenvalue weighted by atomic mass is 9.84. The number of rotatable bonds is 6. The van der Waals surface area contributed by atoms with E-state index in [9.17, 15) is 13.6 Å². The fourth-order valence-electron chi connectivity index (χ4n) is 3.73. The summed E-state index contributed by atoms with van der Waals surface area (Å²) in [4.78, 5) is 16.9. The third kappa shape index (κ3) is 4.53. The molecule has 1 unspecified atom stereocenters. The van der Waals surface area contributed by atoms with E-state index in [2.05, 4.69) is 24.1 Å². The van der Waals surface area contributed by atoms with Crippen molar-refractivity contribution < 1.29 is 13.6 Å². The highest BCUT2D eigenvalue weighted by atomic mass is 19.2. The molecule has 0 aliphatic heterocycles. The number of hydrogen-bond donors (Lipinski definition) is 1. The number of carbonyl (C=O) groups excluding carboxylic acids is 1. The molecule has 0 aliphatic carbocycles. The van der Waals surface area contributed by atoms with Crippen LogP contribution in [0.3, 0.4) is 0 Å². The van der Waals surface area contributed by atoms with E-state index >= 15 is 0 Å². The SMILES string of the molecule is CC(C)CC(C)(Cc1ccccc1)NC(=O)c1cnc2c(F)c(F)ccc2c1. The van der Waals surface area contributed by atoms with Crippen LogP contribution in [0.5, 0.6) is 0 Å². The van der Waals surface area contributed by atoms with Crippen LogP contribution in [0, 0.1) is 17.6 Å². The minimum absolute atomic E-state index is 0.0780. The van der Waals surface area contributed by atoms with E-state index in [1.54, 1.807) is 6.07 Å². The Balaban J connectivity index is 1.87. The van der Waals surface area contributed by atoms with E-state index < -0.39 is 17.2 Å². The standard InChI is InChI=1S/C23H24F2N2O/c1-15(2)12-23(3,13-16-7-5-4-6-8-16)27-22(28)18-11-17-9-10-19(24)20(25)21(17)26-14-18/h4-11,14-15H,12-13H2,1-3H3,(H,27,28). The molecule has 1 heterocycles. The predicted octanol–water partition coefficient (Wildman–Crippen LogP) is 5.29. The number of aromatic nitrogens is 1. The summed E-state index contributed by atoms with van der Waals surface area (Å²) in [7, 11) is 0. The first kappa shape index (κ1) is 19.9. The highest BCUT2D eigenvalue weighted by Gasteiger charge is 2.28. The van der Waals surface area contributed by atoms with Gasteiger partial charge in [-0.25, -0.2) is 8.78 Å². The largest absolute Gasteiger partial charge is 0.346 e.